The minimum absolute atomic E-state index is 0.117. The van der Waals surface area contributed by atoms with E-state index in [1.54, 1.807) is 37.4 Å². The first-order valence-corrected chi connectivity index (χ1v) is 7.71. The Morgan fingerprint density at radius 2 is 2.25 bits per heavy atom. The van der Waals surface area contributed by atoms with Gasteiger partial charge in [-0.15, -0.1) is 0 Å². The van der Waals surface area contributed by atoms with Crippen molar-refractivity contribution in [1.82, 2.24) is 14.9 Å². The molecule has 7 heteroatoms. The van der Waals surface area contributed by atoms with Crippen molar-refractivity contribution in [3.05, 3.63) is 41.5 Å². The van der Waals surface area contributed by atoms with Gasteiger partial charge in [-0.25, -0.2) is 4.98 Å². The van der Waals surface area contributed by atoms with E-state index >= 15 is 0 Å². The number of hydrogen-bond donors (Lipinski definition) is 2. The SMILES string of the molecule is COc1ccc2c(c1)C(C(=O)N(C)Cc1ncc(C)[nH]1)CC(=O)N2. The number of aromatic nitrogens is 2. The third kappa shape index (κ3) is 3.10. The van der Waals surface area contributed by atoms with Gasteiger partial charge in [0.05, 0.1) is 19.6 Å². The number of amides is 2. The Hall–Kier alpha value is -2.83. The van der Waals surface area contributed by atoms with Gasteiger partial charge in [0.15, 0.2) is 0 Å². The van der Waals surface area contributed by atoms with E-state index in [-0.39, 0.29) is 18.2 Å². The monoisotopic (exact) mass is 328 g/mol. The van der Waals surface area contributed by atoms with Gasteiger partial charge >= 0.3 is 0 Å². The number of anilines is 1. The van der Waals surface area contributed by atoms with E-state index in [0.717, 1.165) is 17.1 Å². The number of likely N-dealkylation sites (N-methyl/N-ethyl adjacent to an activating group) is 1. The number of rotatable bonds is 4. The largest absolute Gasteiger partial charge is 0.497 e. The average Bonchev–Trinajstić information content (AvgIpc) is 2.97. The minimum Gasteiger partial charge on any atom is -0.497 e. The number of H-pyrrole nitrogens is 1. The molecule has 1 aliphatic heterocycles. The molecule has 1 aliphatic rings. The zero-order chi connectivity index (χ0) is 17.3. The molecule has 1 aromatic heterocycles. The number of methoxy groups -OCH3 is 1. The summed E-state index contributed by atoms with van der Waals surface area (Å²) in [5.74, 6) is 0.577. The second kappa shape index (κ2) is 6.35. The Morgan fingerprint density at radius 1 is 1.46 bits per heavy atom. The fourth-order valence-electron chi connectivity index (χ4n) is 2.90. The lowest BCUT2D eigenvalue weighted by molar-refractivity contribution is -0.134. The maximum absolute atomic E-state index is 12.9. The molecule has 0 saturated carbocycles. The van der Waals surface area contributed by atoms with Crippen LogP contribution in [0.1, 0.15) is 29.4 Å². The van der Waals surface area contributed by atoms with Crippen LogP contribution >= 0.6 is 0 Å². The molecule has 3 rings (SSSR count). The molecule has 0 saturated heterocycles. The fourth-order valence-corrected chi connectivity index (χ4v) is 2.90. The number of carbonyl (C=O) groups is 2. The van der Waals surface area contributed by atoms with Crippen LogP contribution < -0.4 is 10.1 Å². The Kier molecular flexibility index (Phi) is 4.24. The van der Waals surface area contributed by atoms with E-state index in [0.29, 0.717) is 18.0 Å². The molecule has 126 valence electrons. The molecule has 2 amide bonds. The number of imidazole rings is 1. The molecular formula is C17H20N4O3. The lowest BCUT2D eigenvalue weighted by atomic mass is 9.89. The van der Waals surface area contributed by atoms with Crippen molar-refractivity contribution in [2.45, 2.75) is 25.8 Å². The molecule has 0 bridgehead atoms. The molecule has 2 heterocycles. The molecular weight excluding hydrogens is 308 g/mol. The molecule has 2 N–H and O–H groups in total. The normalized spacial score (nSPS) is 16.3. The van der Waals surface area contributed by atoms with Gasteiger partial charge in [-0.05, 0) is 30.7 Å². The fraction of sp³-hybridized carbons (Fsp3) is 0.353. The maximum Gasteiger partial charge on any atom is 0.230 e. The zero-order valence-electron chi connectivity index (χ0n) is 13.9. The molecule has 24 heavy (non-hydrogen) atoms. The van der Waals surface area contributed by atoms with Crippen molar-refractivity contribution in [2.75, 3.05) is 19.5 Å². The van der Waals surface area contributed by atoms with E-state index in [9.17, 15) is 9.59 Å². The van der Waals surface area contributed by atoms with Crippen LogP contribution in [0.2, 0.25) is 0 Å². The molecule has 2 aromatic rings. The smallest absolute Gasteiger partial charge is 0.230 e. The number of fused-ring (bicyclic) bond motifs is 1. The highest BCUT2D eigenvalue weighted by Crippen LogP contribution is 2.36. The number of ether oxygens (including phenoxy) is 1. The summed E-state index contributed by atoms with van der Waals surface area (Å²) in [4.78, 5) is 33.7. The van der Waals surface area contributed by atoms with Gasteiger partial charge in [-0.2, -0.15) is 0 Å². The van der Waals surface area contributed by atoms with Crippen LogP contribution in [0.25, 0.3) is 0 Å². The summed E-state index contributed by atoms with van der Waals surface area (Å²) in [6.07, 6.45) is 1.85. The van der Waals surface area contributed by atoms with Crippen molar-refractivity contribution in [2.24, 2.45) is 0 Å². The van der Waals surface area contributed by atoms with Crippen molar-refractivity contribution >= 4 is 17.5 Å². The van der Waals surface area contributed by atoms with Crippen LogP contribution in [0.15, 0.2) is 24.4 Å². The van der Waals surface area contributed by atoms with Gasteiger partial charge in [-0.3, -0.25) is 9.59 Å². The van der Waals surface area contributed by atoms with Gasteiger partial charge in [0.1, 0.15) is 11.6 Å². The molecule has 0 aliphatic carbocycles. The van der Waals surface area contributed by atoms with Crippen LogP contribution in [-0.2, 0) is 16.1 Å². The summed E-state index contributed by atoms with van der Waals surface area (Å²) < 4.78 is 5.24. The van der Waals surface area contributed by atoms with E-state index in [4.69, 9.17) is 4.74 Å². The maximum atomic E-state index is 12.9. The van der Waals surface area contributed by atoms with E-state index in [1.165, 1.54) is 0 Å². The summed E-state index contributed by atoms with van der Waals surface area (Å²) >= 11 is 0. The Bertz CT molecular complexity index is 784. The van der Waals surface area contributed by atoms with Gasteiger partial charge in [-0.1, -0.05) is 0 Å². The number of aryl methyl sites for hydroxylation is 1. The van der Waals surface area contributed by atoms with E-state index < -0.39 is 5.92 Å². The summed E-state index contributed by atoms with van der Waals surface area (Å²) in [6.45, 7) is 2.27. The lowest BCUT2D eigenvalue weighted by Gasteiger charge is -2.28. The highest BCUT2D eigenvalue weighted by Gasteiger charge is 2.33. The van der Waals surface area contributed by atoms with Gasteiger partial charge < -0.3 is 19.9 Å². The molecule has 0 fully saturated rings. The predicted octanol–water partition coefficient (Wildman–Crippen LogP) is 1.81. The number of nitrogens with zero attached hydrogens (tertiary/aromatic N) is 2. The number of nitrogens with one attached hydrogen (secondary N) is 2. The van der Waals surface area contributed by atoms with Gasteiger partial charge in [0.25, 0.3) is 0 Å². The number of hydrogen-bond acceptors (Lipinski definition) is 4. The summed E-state index contributed by atoms with van der Waals surface area (Å²) in [5, 5.41) is 2.80. The van der Waals surface area contributed by atoms with Crippen LogP contribution in [0.5, 0.6) is 5.75 Å². The molecule has 7 nitrogen and oxygen atoms in total. The van der Waals surface area contributed by atoms with Crippen molar-refractivity contribution in [1.29, 1.82) is 0 Å². The zero-order valence-corrected chi connectivity index (χ0v) is 13.9. The number of benzene rings is 1. The van der Waals surface area contributed by atoms with Gasteiger partial charge in [0.2, 0.25) is 11.8 Å². The molecule has 0 radical (unpaired) electrons. The van der Waals surface area contributed by atoms with Crippen molar-refractivity contribution < 1.29 is 14.3 Å². The first kappa shape index (κ1) is 16.0. The second-order valence-electron chi connectivity index (χ2n) is 5.97. The average molecular weight is 328 g/mol. The molecule has 1 aromatic carbocycles. The Labute approximate surface area is 140 Å². The van der Waals surface area contributed by atoms with Crippen LogP contribution in [0, 0.1) is 6.92 Å². The third-order valence-electron chi connectivity index (χ3n) is 4.11. The first-order valence-electron chi connectivity index (χ1n) is 7.71. The van der Waals surface area contributed by atoms with Crippen LogP contribution in [-0.4, -0.2) is 40.8 Å². The first-order chi connectivity index (χ1) is 11.5. The summed E-state index contributed by atoms with van der Waals surface area (Å²) in [5.41, 5.74) is 2.38. The number of aromatic amines is 1. The summed E-state index contributed by atoms with van der Waals surface area (Å²) in [6, 6.07) is 5.34. The van der Waals surface area contributed by atoms with Crippen LogP contribution in [0.4, 0.5) is 5.69 Å². The second-order valence-corrected chi connectivity index (χ2v) is 5.97. The molecule has 1 unspecified atom stereocenters. The Balaban J connectivity index is 1.85. The molecule has 1 atom stereocenters. The van der Waals surface area contributed by atoms with Gasteiger partial charge in [0, 0.05) is 31.0 Å². The highest BCUT2D eigenvalue weighted by molar-refractivity contribution is 6.01. The topological polar surface area (TPSA) is 87.3 Å². The van der Waals surface area contributed by atoms with Crippen molar-refractivity contribution in [3.8, 4) is 5.75 Å². The quantitative estimate of drug-likeness (QED) is 0.896. The minimum atomic E-state index is -0.523. The lowest BCUT2D eigenvalue weighted by Crippen LogP contribution is -2.36. The van der Waals surface area contributed by atoms with Crippen LogP contribution in [0.3, 0.4) is 0 Å². The predicted molar refractivity (Wildman–Crippen MR) is 88.8 cm³/mol. The number of carbonyl (C=O) groups excluding carboxylic acids is 2. The highest BCUT2D eigenvalue weighted by atomic mass is 16.5. The van der Waals surface area contributed by atoms with E-state index in [2.05, 4.69) is 15.3 Å². The standard InChI is InChI=1S/C17H20N4O3/c1-10-8-18-15(19-10)9-21(2)17(23)13-7-16(22)20-14-5-4-11(24-3)6-12(13)14/h4-6,8,13H,7,9H2,1-3H3,(H,18,19)(H,20,22). The molecule has 0 spiro atoms. The third-order valence-corrected chi connectivity index (χ3v) is 4.11. The van der Waals surface area contributed by atoms with Crippen molar-refractivity contribution in [3.63, 3.8) is 0 Å². The Morgan fingerprint density at radius 3 is 2.92 bits per heavy atom. The summed E-state index contributed by atoms with van der Waals surface area (Å²) in [7, 11) is 3.29. The van der Waals surface area contributed by atoms with E-state index in [1.807, 2.05) is 13.0 Å².